The van der Waals surface area contributed by atoms with Gasteiger partial charge in [0, 0.05) is 17.7 Å². The molecule has 0 atom stereocenters. The van der Waals surface area contributed by atoms with E-state index in [-0.39, 0.29) is 11.3 Å². The lowest BCUT2D eigenvalue weighted by Crippen LogP contribution is -2.41. The van der Waals surface area contributed by atoms with Crippen molar-refractivity contribution in [3.8, 4) is 0 Å². The Hall–Kier alpha value is -3.16. The minimum Gasteiger partial charge on any atom is -0.466 e. The fourth-order valence-electron chi connectivity index (χ4n) is 1.84. The third-order valence-electron chi connectivity index (χ3n) is 2.92. The Morgan fingerprint density at radius 3 is 2.18 bits per heavy atom. The molecule has 2 amide bonds. The van der Waals surface area contributed by atoms with E-state index in [1.54, 1.807) is 19.9 Å². The first-order chi connectivity index (χ1) is 10.4. The quantitative estimate of drug-likeness (QED) is 0.663. The monoisotopic (exact) mass is 303 g/mol. The van der Waals surface area contributed by atoms with Crippen LogP contribution in [-0.4, -0.2) is 16.7 Å². The number of furan rings is 1. The molecule has 0 fully saturated rings. The summed E-state index contributed by atoms with van der Waals surface area (Å²) < 4.78 is 5.23. The minimum absolute atomic E-state index is 0.120. The van der Waals surface area contributed by atoms with Gasteiger partial charge in [0.05, 0.1) is 10.5 Å². The Morgan fingerprint density at radius 1 is 1.09 bits per heavy atom. The van der Waals surface area contributed by atoms with E-state index in [0.717, 1.165) is 0 Å². The van der Waals surface area contributed by atoms with Gasteiger partial charge < -0.3 is 4.42 Å². The molecule has 0 saturated heterocycles. The Morgan fingerprint density at radius 2 is 1.68 bits per heavy atom. The number of hydrogen-bond donors (Lipinski definition) is 2. The molecule has 1 aromatic heterocycles. The molecule has 8 nitrogen and oxygen atoms in total. The van der Waals surface area contributed by atoms with E-state index in [0.29, 0.717) is 17.1 Å². The van der Waals surface area contributed by atoms with E-state index < -0.39 is 16.7 Å². The second-order valence-electron chi connectivity index (χ2n) is 4.54. The molecule has 0 aliphatic heterocycles. The van der Waals surface area contributed by atoms with Crippen molar-refractivity contribution >= 4 is 17.5 Å². The van der Waals surface area contributed by atoms with Gasteiger partial charge in [-0.2, -0.15) is 0 Å². The molecule has 2 aromatic rings. The van der Waals surface area contributed by atoms with Crippen LogP contribution in [0.1, 0.15) is 32.2 Å². The first-order valence-electron chi connectivity index (χ1n) is 6.30. The molecule has 22 heavy (non-hydrogen) atoms. The average Bonchev–Trinajstić information content (AvgIpc) is 2.83. The summed E-state index contributed by atoms with van der Waals surface area (Å²) in [5, 5.41) is 10.5. The highest BCUT2D eigenvalue weighted by Gasteiger charge is 2.15. The number of nitrogens with zero attached hydrogens (tertiary/aromatic N) is 1. The highest BCUT2D eigenvalue weighted by Crippen LogP contribution is 2.13. The smallest absolute Gasteiger partial charge is 0.273 e. The lowest BCUT2D eigenvalue weighted by Gasteiger charge is -2.06. The minimum atomic E-state index is -0.582. The molecule has 0 bridgehead atoms. The third-order valence-corrected chi connectivity index (χ3v) is 2.92. The number of rotatable bonds is 3. The third kappa shape index (κ3) is 3.29. The number of nitrogens with one attached hydrogen (secondary N) is 2. The number of aryl methyl sites for hydroxylation is 2. The van der Waals surface area contributed by atoms with Crippen LogP contribution in [-0.2, 0) is 0 Å². The van der Waals surface area contributed by atoms with Crippen molar-refractivity contribution < 1.29 is 18.9 Å². The number of nitro groups is 1. The Balaban J connectivity index is 1.99. The second-order valence-corrected chi connectivity index (χ2v) is 4.54. The highest BCUT2D eigenvalue weighted by molar-refractivity contribution is 5.99. The van der Waals surface area contributed by atoms with E-state index in [9.17, 15) is 19.7 Å². The van der Waals surface area contributed by atoms with Gasteiger partial charge in [-0.1, -0.05) is 0 Å². The molecular formula is C14H13N3O5. The van der Waals surface area contributed by atoms with Crippen LogP contribution in [0.5, 0.6) is 0 Å². The fraction of sp³-hybridized carbons (Fsp3) is 0.143. The van der Waals surface area contributed by atoms with E-state index in [1.165, 1.54) is 24.3 Å². The molecule has 0 aliphatic carbocycles. The summed E-state index contributed by atoms with van der Waals surface area (Å²) in [4.78, 5) is 33.7. The maximum absolute atomic E-state index is 11.9. The lowest BCUT2D eigenvalue weighted by atomic mass is 10.2. The summed E-state index contributed by atoms with van der Waals surface area (Å²) in [6.45, 7) is 3.35. The number of hydrogen-bond acceptors (Lipinski definition) is 5. The summed E-state index contributed by atoms with van der Waals surface area (Å²) in [5.41, 5.74) is 4.88. The molecule has 0 aliphatic rings. The van der Waals surface area contributed by atoms with Crippen LogP contribution in [0.15, 0.2) is 34.7 Å². The largest absolute Gasteiger partial charge is 0.466 e. The van der Waals surface area contributed by atoms with E-state index in [1.807, 2.05) is 0 Å². The maximum atomic E-state index is 11.9. The van der Waals surface area contributed by atoms with Crippen LogP contribution in [0.2, 0.25) is 0 Å². The van der Waals surface area contributed by atoms with Gasteiger partial charge in [-0.15, -0.1) is 0 Å². The SMILES string of the molecule is Cc1cc(C(=O)NNC(=O)c2ccc([N+](=O)[O-])cc2)c(C)o1. The first kappa shape index (κ1) is 15.2. The second kappa shape index (κ2) is 6.08. The van der Waals surface area contributed by atoms with Crippen molar-refractivity contribution in [2.45, 2.75) is 13.8 Å². The number of carbonyl (C=O) groups excluding carboxylic acids is 2. The predicted octanol–water partition coefficient (Wildman–Crippen LogP) is 1.88. The molecule has 0 radical (unpaired) electrons. The van der Waals surface area contributed by atoms with Gasteiger partial charge in [-0.25, -0.2) is 0 Å². The van der Waals surface area contributed by atoms with E-state index in [2.05, 4.69) is 10.9 Å². The molecule has 1 heterocycles. The number of amides is 2. The topological polar surface area (TPSA) is 114 Å². The fourth-order valence-corrected chi connectivity index (χ4v) is 1.84. The standard InChI is InChI=1S/C14H13N3O5/c1-8-7-12(9(2)22-8)14(19)16-15-13(18)10-3-5-11(6-4-10)17(20)21/h3-7H,1-2H3,(H,15,18)(H,16,19). The summed E-state index contributed by atoms with van der Waals surface area (Å²) in [6.07, 6.45) is 0. The summed E-state index contributed by atoms with van der Waals surface area (Å²) in [6, 6.07) is 6.57. The average molecular weight is 303 g/mol. The Labute approximate surface area is 125 Å². The lowest BCUT2D eigenvalue weighted by molar-refractivity contribution is -0.384. The maximum Gasteiger partial charge on any atom is 0.273 e. The zero-order valence-corrected chi connectivity index (χ0v) is 11.9. The first-order valence-corrected chi connectivity index (χ1v) is 6.30. The Bertz CT molecular complexity index is 733. The molecule has 0 spiro atoms. The number of carbonyl (C=O) groups is 2. The van der Waals surface area contributed by atoms with Crippen molar-refractivity contribution in [2.75, 3.05) is 0 Å². The molecule has 114 valence electrons. The van der Waals surface area contributed by atoms with Crippen molar-refractivity contribution in [2.24, 2.45) is 0 Å². The van der Waals surface area contributed by atoms with Crippen molar-refractivity contribution in [1.82, 2.24) is 10.9 Å². The molecule has 2 N–H and O–H groups in total. The number of non-ortho nitro benzene ring substituents is 1. The van der Waals surface area contributed by atoms with Crippen LogP contribution in [0, 0.1) is 24.0 Å². The van der Waals surface area contributed by atoms with Gasteiger partial charge in [-0.05, 0) is 32.0 Å². The van der Waals surface area contributed by atoms with Crippen molar-refractivity contribution in [1.29, 1.82) is 0 Å². The summed E-state index contributed by atoms with van der Waals surface area (Å²) >= 11 is 0. The summed E-state index contributed by atoms with van der Waals surface area (Å²) in [7, 11) is 0. The van der Waals surface area contributed by atoms with Crippen molar-refractivity contribution in [3.63, 3.8) is 0 Å². The van der Waals surface area contributed by atoms with E-state index >= 15 is 0 Å². The zero-order valence-electron chi connectivity index (χ0n) is 11.9. The molecule has 0 saturated carbocycles. The van der Waals surface area contributed by atoms with Crippen LogP contribution < -0.4 is 10.9 Å². The van der Waals surface area contributed by atoms with Gasteiger partial charge >= 0.3 is 0 Å². The van der Waals surface area contributed by atoms with Crippen LogP contribution in [0.3, 0.4) is 0 Å². The van der Waals surface area contributed by atoms with Crippen LogP contribution in [0.25, 0.3) is 0 Å². The Kier molecular flexibility index (Phi) is 4.21. The van der Waals surface area contributed by atoms with Crippen LogP contribution in [0.4, 0.5) is 5.69 Å². The molecule has 2 rings (SSSR count). The van der Waals surface area contributed by atoms with Gasteiger partial charge in [0.15, 0.2) is 0 Å². The van der Waals surface area contributed by atoms with Gasteiger partial charge in [0.25, 0.3) is 17.5 Å². The van der Waals surface area contributed by atoms with Gasteiger partial charge in [0.1, 0.15) is 11.5 Å². The van der Waals surface area contributed by atoms with Crippen molar-refractivity contribution in [3.05, 3.63) is 63.1 Å². The summed E-state index contributed by atoms with van der Waals surface area (Å²) in [5.74, 6) is -0.0605. The number of benzene rings is 1. The van der Waals surface area contributed by atoms with Gasteiger partial charge in [0.2, 0.25) is 0 Å². The zero-order chi connectivity index (χ0) is 16.3. The molecule has 1 aromatic carbocycles. The normalized spacial score (nSPS) is 10.1. The number of nitro benzene ring substituents is 1. The molecular weight excluding hydrogens is 290 g/mol. The van der Waals surface area contributed by atoms with E-state index in [4.69, 9.17) is 4.42 Å². The number of hydrazine groups is 1. The highest BCUT2D eigenvalue weighted by atomic mass is 16.6. The van der Waals surface area contributed by atoms with Crippen LogP contribution >= 0.6 is 0 Å². The predicted molar refractivity (Wildman–Crippen MR) is 76.2 cm³/mol. The van der Waals surface area contributed by atoms with Gasteiger partial charge in [-0.3, -0.25) is 30.6 Å². The molecule has 0 unspecified atom stereocenters. The molecule has 8 heteroatoms.